The highest BCUT2D eigenvalue weighted by Crippen LogP contribution is 2.29. The Morgan fingerprint density at radius 3 is 2.13 bits per heavy atom. The van der Waals surface area contributed by atoms with Gasteiger partial charge in [0.1, 0.15) is 12.3 Å². The van der Waals surface area contributed by atoms with Crippen molar-refractivity contribution in [3.63, 3.8) is 0 Å². The maximum absolute atomic E-state index is 12.9. The summed E-state index contributed by atoms with van der Waals surface area (Å²) in [5, 5.41) is 2.98. The minimum atomic E-state index is -3.64. The highest BCUT2D eigenvalue weighted by atomic mass is 32.2. The van der Waals surface area contributed by atoms with Crippen molar-refractivity contribution in [2.24, 2.45) is 0 Å². The second-order valence-corrected chi connectivity index (χ2v) is 9.68. The Morgan fingerprint density at radius 1 is 1.07 bits per heavy atom. The van der Waals surface area contributed by atoms with Crippen molar-refractivity contribution in [2.75, 3.05) is 24.2 Å². The van der Waals surface area contributed by atoms with Crippen LogP contribution < -0.4 is 14.4 Å². The summed E-state index contributed by atoms with van der Waals surface area (Å²) in [6.07, 6.45) is 1.81. The number of hydrogen-bond acceptors (Lipinski definition) is 4. The maximum Gasteiger partial charge on any atom is 0.241 e. The van der Waals surface area contributed by atoms with E-state index in [1.165, 1.54) is 4.31 Å². The molecule has 0 spiro atoms. The smallest absolute Gasteiger partial charge is 0.241 e. The Labute approximate surface area is 180 Å². The minimum absolute atomic E-state index is 0.219. The quantitative estimate of drug-likeness (QED) is 0.685. The number of carbonyl (C=O) groups is 1. The Morgan fingerprint density at radius 2 is 1.67 bits per heavy atom. The predicted octanol–water partition coefficient (Wildman–Crippen LogP) is 3.96. The monoisotopic (exact) mass is 432 g/mol. The Bertz CT molecular complexity index is 1010. The van der Waals surface area contributed by atoms with Crippen LogP contribution in [0.2, 0.25) is 0 Å². The lowest BCUT2D eigenvalue weighted by atomic mass is 10.0. The van der Waals surface area contributed by atoms with Crippen molar-refractivity contribution in [1.29, 1.82) is 0 Å². The Hall–Kier alpha value is -2.54. The molecule has 0 bridgehead atoms. The third-order valence-corrected chi connectivity index (χ3v) is 6.25. The molecule has 2 aromatic carbocycles. The standard InChI is InChI=1S/C23H32N2O4S/c1-8-20(19-9-10-21(29-6)16(3)13-19)24-22(26)14-25(30(7,27)28)23-17(4)11-15(2)12-18(23)5/h9-13,20H,8,14H2,1-7H3,(H,24,26)/t20-/m0/s1. The van der Waals surface area contributed by atoms with Gasteiger partial charge in [-0.2, -0.15) is 0 Å². The van der Waals surface area contributed by atoms with E-state index in [0.29, 0.717) is 12.1 Å². The van der Waals surface area contributed by atoms with Crippen molar-refractivity contribution in [2.45, 2.75) is 47.1 Å². The number of nitrogens with zero attached hydrogens (tertiary/aromatic N) is 1. The number of anilines is 1. The van der Waals surface area contributed by atoms with Crippen LogP contribution in [0.3, 0.4) is 0 Å². The lowest BCUT2D eigenvalue weighted by molar-refractivity contribution is -0.120. The molecule has 0 aliphatic carbocycles. The first-order valence-corrected chi connectivity index (χ1v) is 11.8. The molecule has 0 saturated heterocycles. The molecule has 2 aromatic rings. The molecule has 0 aromatic heterocycles. The number of hydrogen-bond donors (Lipinski definition) is 1. The fourth-order valence-electron chi connectivity index (χ4n) is 3.84. The normalized spacial score (nSPS) is 12.4. The third kappa shape index (κ3) is 5.53. The van der Waals surface area contributed by atoms with Crippen LogP contribution >= 0.6 is 0 Å². The fourth-order valence-corrected chi connectivity index (χ4v) is 4.81. The van der Waals surface area contributed by atoms with Crippen molar-refractivity contribution < 1.29 is 17.9 Å². The average Bonchev–Trinajstić information content (AvgIpc) is 2.63. The summed E-state index contributed by atoms with van der Waals surface area (Å²) in [5.74, 6) is 0.439. The van der Waals surface area contributed by atoms with Crippen LogP contribution in [0.4, 0.5) is 5.69 Å². The van der Waals surface area contributed by atoms with Gasteiger partial charge in [-0.3, -0.25) is 9.10 Å². The summed E-state index contributed by atoms with van der Waals surface area (Å²) in [5.41, 5.74) is 5.19. The van der Waals surface area contributed by atoms with Gasteiger partial charge in [-0.25, -0.2) is 8.42 Å². The Balaban J connectivity index is 2.29. The zero-order valence-corrected chi connectivity index (χ0v) is 19.7. The van der Waals surface area contributed by atoms with Gasteiger partial charge in [-0.15, -0.1) is 0 Å². The van der Waals surface area contributed by atoms with E-state index >= 15 is 0 Å². The van der Waals surface area contributed by atoms with E-state index in [2.05, 4.69) is 5.32 Å². The Kier molecular flexibility index (Phi) is 7.53. The molecule has 30 heavy (non-hydrogen) atoms. The van der Waals surface area contributed by atoms with E-state index in [9.17, 15) is 13.2 Å². The molecule has 1 amide bonds. The van der Waals surface area contributed by atoms with Crippen molar-refractivity contribution in [1.82, 2.24) is 5.32 Å². The predicted molar refractivity (Wildman–Crippen MR) is 122 cm³/mol. The van der Waals surface area contributed by atoms with Crippen molar-refractivity contribution >= 4 is 21.6 Å². The first-order valence-electron chi connectivity index (χ1n) is 9.97. The largest absolute Gasteiger partial charge is 0.496 e. The zero-order valence-electron chi connectivity index (χ0n) is 18.9. The number of rotatable bonds is 8. The molecule has 0 saturated carbocycles. The summed E-state index contributed by atoms with van der Waals surface area (Å²) < 4.78 is 31.6. The summed E-state index contributed by atoms with van der Waals surface area (Å²) >= 11 is 0. The van der Waals surface area contributed by atoms with Crippen LogP contribution in [0.1, 0.15) is 47.2 Å². The molecule has 0 aliphatic heterocycles. The molecule has 6 nitrogen and oxygen atoms in total. The number of ether oxygens (including phenoxy) is 1. The van der Waals surface area contributed by atoms with E-state index in [0.717, 1.165) is 39.8 Å². The first-order chi connectivity index (χ1) is 14.0. The SMILES string of the molecule is CC[C@H](NC(=O)CN(c1c(C)cc(C)cc1C)S(C)(=O)=O)c1ccc(OC)c(C)c1. The van der Waals surface area contributed by atoms with Gasteiger partial charge in [0.15, 0.2) is 0 Å². The van der Waals surface area contributed by atoms with Gasteiger partial charge in [0.25, 0.3) is 0 Å². The lowest BCUT2D eigenvalue weighted by Crippen LogP contribution is -2.42. The van der Waals surface area contributed by atoms with Crippen molar-refractivity contribution in [3.05, 3.63) is 58.1 Å². The highest BCUT2D eigenvalue weighted by molar-refractivity contribution is 7.92. The maximum atomic E-state index is 12.9. The van der Waals surface area contributed by atoms with Crippen LogP contribution in [-0.4, -0.2) is 34.2 Å². The van der Waals surface area contributed by atoms with Crippen LogP contribution in [0.15, 0.2) is 30.3 Å². The summed E-state index contributed by atoms with van der Waals surface area (Å²) in [4.78, 5) is 12.9. The van der Waals surface area contributed by atoms with Crippen LogP contribution in [0.5, 0.6) is 5.75 Å². The molecule has 164 valence electrons. The molecule has 0 aliphatic rings. The van der Waals surface area contributed by atoms with E-state index in [1.54, 1.807) is 7.11 Å². The number of sulfonamides is 1. The molecule has 0 heterocycles. The van der Waals surface area contributed by atoms with Gasteiger partial charge in [0, 0.05) is 0 Å². The molecule has 2 rings (SSSR count). The van der Waals surface area contributed by atoms with Crippen LogP contribution in [-0.2, 0) is 14.8 Å². The number of nitrogens with one attached hydrogen (secondary N) is 1. The van der Waals surface area contributed by atoms with Crippen LogP contribution in [0, 0.1) is 27.7 Å². The molecule has 1 N–H and O–H groups in total. The summed E-state index contributed by atoms with van der Waals surface area (Å²) in [6, 6.07) is 9.41. The fraction of sp³-hybridized carbons (Fsp3) is 0.435. The molecule has 0 radical (unpaired) electrons. The lowest BCUT2D eigenvalue weighted by Gasteiger charge is -2.27. The van der Waals surface area contributed by atoms with Gasteiger partial charge in [-0.05, 0) is 62.4 Å². The van der Waals surface area contributed by atoms with Gasteiger partial charge in [-0.1, -0.05) is 36.8 Å². The van der Waals surface area contributed by atoms with Gasteiger partial charge < -0.3 is 10.1 Å². The van der Waals surface area contributed by atoms with E-state index in [1.807, 2.05) is 65.0 Å². The number of methoxy groups -OCH3 is 1. The molecule has 0 unspecified atom stereocenters. The van der Waals surface area contributed by atoms with Gasteiger partial charge >= 0.3 is 0 Å². The topological polar surface area (TPSA) is 75.7 Å². The zero-order chi connectivity index (χ0) is 22.6. The third-order valence-electron chi connectivity index (χ3n) is 5.14. The highest BCUT2D eigenvalue weighted by Gasteiger charge is 2.25. The number of amides is 1. The van der Waals surface area contributed by atoms with Crippen molar-refractivity contribution in [3.8, 4) is 5.75 Å². The number of benzene rings is 2. The second-order valence-electron chi connectivity index (χ2n) is 7.77. The number of carbonyl (C=O) groups excluding carboxylic acids is 1. The van der Waals surface area contributed by atoms with E-state index < -0.39 is 10.0 Å². The second kappa shape index (κ2) is 9.51. The molecule has 7 heteroatoms. The molecular weight excluding hydrogens is 400 g/mol. The average molecular weight is 433 g/mol. The minimum Gasteiger partial charge on any atom is -0.496 e. The van der Waals surface area contributed by atoms with E-state index in [4.69, 9.17) is 4.74 Å². The van der Waals surface area contributed by atoms with Crippen LogP contribution in [0.25, 0.3) is 0 Å². The molecule has 0 fully saturated rings. The molecule has 1 atom stereocenters. The summed E-state index contributed by atoms with van der Waals surface area (Å²) in [7, 11) is -2.02. The van der Waals surface area contributed by atoms with Gasteiger partial charge in [0.2, 0.25) is 15.9 Å². The first kappa shape index (κ1) is 23.7. The number of aryl methyl sites for hydroxylation is 4. The molecular formula is C23H32N2O4S. The van der Waals surface area contributed by atoms with E-state index in [-0.39, 0.29) is 18.5 Å². The summed E-state index contributed by atoms with van der Waals surface area (Å²) in [6.45, 7) is 9.35. The van der Waals surface area contributed by atoms with Gasteiger partial charge in [0.05, 0.1) is 25.1 Å².